The van der Waals surface area contributed by atoms with E-state index in [9.17, 15) is 9.59 Å². The largest absolute Gasteiger partial charge is 0.372 e. The van der Waals surface area contributed by atoms with Gasteiger partial charge in [0.15, 0.2) is 0 Å². The van der Waals surface area contributed by atoms with Gasteiger partial charge in [0.1, 0.15) is 5.69 Å². The van der Waals surface area contributed by atoms with Crippen LogP contribution < -0.4 is 5.32 Å². The van der Waals surface area contributed by atoms with E-state index in [0.717, 1.165) is 5.69 Å². The third kappa shape index (κ3) is 3.85. The molecule has 0 spiro atoms. The Morgan fingerprint density at radius 2 is 2.00 bits per heavy atom. The third-order valence-electron chi connectivity index (χ3n) is 3.61. The molecule has 22 heavy (non-hydrogen) atoms. The summed E-state index contributed by atoms with van der Waals surface area (Å²) in [5, 5.41) is 6.91. The van der Waals surface area contributed by atoms with E-state index in [-0.39, 0.29) is 30.6 Å². The summed E-state index contributed by atoms with van der Waals surface area (Å²) in [6.07, 6.45) is 0.0418. The summed E-state index contributed by atoms with van der Waals surface area (Å²) in [7, 11) is 0. The van der Waals surface area contributed by atoms with Gasteiger partial charge in [-0.25, -0.2) is 0 Å². The van der Waals surface area contributed by atoms with Crippen molar-refractivity contribution in [1.29, 1.82) is 0 Å². The van der Waals surface area contributed by atoms with Gasteiger partial charge in [-0.2, -0.15) is 5.10 Å². The van der Waals surface area contributed by atoms with Crippen molar-refractivity contribution in [3.05, 3.63) is 17.5 Å². The first kappa shape index (κ1) is 16.5. The average molecular weight is 308 g/mol. The van der Waals surface area contributed by atoms with Gasteiger partial charge in [0, 0.05) is 19.6 Å². The van der Waals surface area contributed by atoms with Crippen LogP contribution in [-0.4, -0.2) is 58.3 Å². The van der Waals surface area contributed by atoms with Crippen LogP contribution in [0.25, 0.3) is 0 Å². The lowest BCUT2D eigenvalue weighted by molar-refractivity contribution is -0.142. The molecule has 0 radical (unpaired) electrons. The lowest BCUT2D eigenvalue weighted by Gasteiger charge is -2.35. The van der Waals surface area contributed by atoms with E-state index in [1.165, 1.54) is 0 Å². The number of carbonyl (C=O) groups is 2. The fourth-order valence-corrected chi connectivity index (χ4v) is 2.71. The molecule has 7 heteroatoms. The number of amides is 2. The second kappa shape index (κ2) is 6.91. The zero-order chi connectivity index (χ0) is 16.3. The minimum absolute atomic E-state index is 0.00772. The number of carbonyl (C=O) groups excluding carboxylic acids is 2. The SMILES string of the molecule is CCn1nc(C)cc1C(=O)NCC(=O)N1CC(C)OC(C)C1. The van der Waals surface area contributed by atoms with Crippen LogP contribution >= 0.6 is 0 Å². The molecule has 1 aliphatic heterocycles. The number of hydrogen-bond acceptors (Lipinski definition) is 4. The van der Waals surface area contributed by atoms with Gasteiger partial charge in [-0.3, -0.25) is 14.3 Å². The summed E-state index contributed by atoms with van der Waals surface area (Å²) >= 11 is 0. The maximum Gasteiger partial charge on any atom is 0.269 e. The van der Waals surface area contributed by atoms with E-state index < -0.39 is 0 Å². The Balaban J connectivity index is 1.91. The van der Waals surface area contributed by atoms with Crippen LogP contribution in [0.5, 0.6) is 0 Å². The zero-order valence-electron chi connectivity index (χ0n) is 13.6. The van der Waals surface area contributed by atoms with Crippen molar-refractivity contribution in [2.75, 3.05) is 19.6 Å². The Morgan fingerprint density at radius 1 is 1.36 bits per heavy atom. The van der Waals surface area contributed by atoms with E-state index in [1.54, 1.807) is 15.6 Å². The Kier molecular flexibility index (Phi) is 5.18. The minimum Gasteiger partial charge on any atom is -0.372 e. The van der Waals surface area contributed by atoms with Crippen LogP contribution in [0.3, 0.4) is 0 Å². The van der Waals surface area contributed by atoms with E-state index in [2.05, 4.69) is 10.4 Å². The van der Waals surface area contributed by atoms with Crippen LogP contribution in [0, 0.1) is 6.92 Å². The molecule has 2 unspecified atom stereocenters. The van der Waals surface area contributed by atoms with Gasteiger partial charge in [0.25, 0.3) is 5.91 Å². The van der Waals surface area contributed by atoms with Gasteiger partial charge in [-0.1, -0.05) is 0 Å². The van der Waals surface area contributed by atoms with Crippen molar-refractivity contribution in [1.82, 2.24) is 20.0 Å². The fourth-order valence-electron chi connectivity index (χ4n) is 2.71. The standard InChI is InChI=1S/C15H24N4O3/c1-5-19-13(6-10(2)17-19)15(21)16-7-14(20)18-8-11(3)22-12(4)9-18/h6,11-12H,5,7-9H2,1-4H3,(H,16,21). The van der Waals surface area contributed by atoms with Crippen molar-refractivity contribution in [2.24, 2.45) is 0 Å². The maximum absolute atomic E-state index is 12.2. The highest BCUT2D eigenvalue weighted by molar-refractivity contribution is 5.95. The third-order valence-corrected chi connectivity index (χ3v) is 3.61. The molecule has 2 atom stereocenters. The highest BCUT2D eigenvalue weighted by Crippen LogP contribution is 2.10. The second-order valence-corrected chi connectivity index (χ2v) is 5.73. The lowest BCUT2D eigenvalue weighted by Crippen LogP contribution is -2.51. The van der Waals surface area contributed by atoms with Gasteiger partial charge in [-0.05, 0) is 33.8 Å². The summed E-state index contributed by atoms with van der Waals surface area (Å²) < 4.78 is 7.23. The molecule has 2 heterocycles. The summed E-state index contributed by atoms with van der Waals surface area (Å²) in [5.74, 6) is -0.361. The topological polar surface area (TPSA) is 76.5 Å². The molecule has 1 saturated heterocycles. The van der Waals surface area contributed by atoms with Crippen LogP contribution in [0.2, 0.25) is 0 Å². The molecule has 122 valence electrons. The van der Waals surface area contributed by atoms with Gasteiger partial charge in [-0.15, -0.1) is 0 Å². The molecule has 0 bridgehead atoms. The molecule has 2 rings (SSSR count). The Bertz CT molecular complexity index is 545. The van der Waals surface area contributed by atoms with Crippen molar-refractivity contribution >= 4 is 11.8 Å². The predicted molar refractivity (Wildman–Crippen MR) is 81.6 cm³/mol. The van der Waals surface area contributed by atoms with Crippen molar-refractivity contribution in [3.63, 3.8) is 0 Å². The first-order chi connectivity index (χ1) is 10.4. The van der Waals surface area contributed by atoms with E-state index in [1.807, 2.05) is 27.7 Å². The number of aryl methyl sites for hydroxylation is 2. The van der Waals surface area contributed by atoms with Crippen LogP contribution in [0.1, 0.15) is 37.0 Å². The van der Waals surface area contributed by atoms with Gasteiger partial charge in [0.2, 0.25) is 5.91 Å². The monoisotopic (exact) mass is 308 g/mol. The summed E-state index contributed by atoms with van der Waals surface area (Å²) in [5.41, 5.74) is 1.27. The predicted octanol–water partition coefficient (Wildman–Crippen LogP) is 0.577. The van der Waals surface area contributed by atoms with Crippen LogP contribution in [0.15, 0.2) is 6.07 Å². The maximum atomic E-state index is 12.2. The minimum atomic E-state index is -0.273. The van der Waals surface area contributed by atoms with Crippen molar-refractivity contribution in [2.45, 2.75) is 46.4 Å². The normalized spacial score (nSPS) is 21.7. The number of nitrogens with zero attached hydrogens (tertiary/aromatic N) is 3. The molecule has 1 fully saturated rings. The van der Waals surface area contributed by atoms with Crippen molar-refractivity contribution in [3.8, 4) is 0 Å². The molecule has 1 aromatic rings. The Morgan fingerprint density at radius 3 is 2.59 bits per heavy atom. The molecule has 1 aromatic heterocycles. The summed E-state index contributed by atoms with van der Waals surface area (Å²) in [6, 6.07) is 1.72. The average Bonchev–Trinajstić information content (AvgIpc) is 2.84. The molecule has 1 N–H and O–H groups in total. The molecular formula is C15H24N4O3. The number of morpholine rings is 1. The van der Waals surface area contributed by atoms with Gasteiger partial charge in [0.05, 0.1) is 24.4 Å². The van der Waals surface area contributed by atoms with Crippen LogP contribution in [-0.2, 0) is 16.1 Å². The Labute approximate surface area is 130 Å². The highest BCUT2D eigenvalue weighted by atomic mass is 16.5. The first-order valence-electron chi connectivity index (χ1n) is 7.66. The molecule has 0 saturated carbocycles. The smallest absolute Gasteiger partial charge is 0.269 e. The van der Waals surface area contributed by atoms with Gasteiger partial charge < -0.3 is 15.0 Å². The van der Waals surface area contributed by atoms with E-state index in [0.29, 0.717) is 25.3 Å². The molecule has 0 aliphatic carbocycles. The van der Waals surface area contributed by atoms with Gasteiger partial charge >= 0.3 is 0 Å². The van der Waals surface area contributed by atoms with E-state index >= 15 is 0 Å². The number of hydrogen-bond donors (Lipinski definition) is 1. The molecule has 2 amide bonds. The number of ether oxygens (including phenoxy) is 1. The summed E-state index contributed by atoms with van der Waals surface area (Å²) in [6.45, 7) is 9.37. The number of aromatic nitrogens is 2. The molecule has 7 nitrogen and oxygen atoms in total. The molecule has 0 aromatic carbocycles. The molecular weight excluding hydrogens is 284 g/mol. The highest BCUT2D eigenvalue weighted by Gasteiger charge is 2.26. The number of rotatable bonds is 4. The number of nitrogens with one attached hydrogen (secondary N) is 1. The van der Waals surface area contributed by atoms with Crippen molar-refractivity contribution < 1.29 is 14.3 Å². The first-order valence-corrected chi connectivity index (χ1v) is 7.66. The summed E-state index contributed by atoms with van der Waals surface area (Å²) in [4.78, 5) is 26.1. The fraction of sp³-hybridized carbons (Fsp3) is 0.667. The lowest BCUT2D eigenvalue weighted by atomic mass is 10.2. The zero-order valence-corrected chi connectivity index (χ0v) is 13.6. The second-order valence-electron chi connectivity index (χ2n) is 5.73. The van der Waals surface area contributed by atoms with E-state index in [4.69, 9.17) is 4.74 Å². The quantitative estimate of drug-likeness (QED) is 0.882. The molecule has 1 aliphatic rings. The Hall–Kier alpha value is -1.89. The van der Waals surface area contributed by atoms with Crippen LogP contribution in [0.4, 0.5) is 0 Å².